The van der Waals surface area contributed by atoms with Crippen LogP contribution in [0.4, 0.5) is 0 Å². The number of ether oxygens (including phenoxy) is 1. The van der Waals surface area contributed by atoms with Crippen LogP contribution in [0.2, 0.25) is 10.0 Å². The molecule has 150 valence electrons. The third kappa shape index (κ3) is 5.38. The lowest BCUT2D eigenvalue weighted by molar-refractivity contribution is 0.0473. The Morgan fingerprint density at radius 3 is 2.07 bits per heavy atom. The Morgan fingerprint density at radius 2 is 1.48 bits per heavy atom. The summed E-state index contributed by atoms with van der Waals surface area (Å²) >= 11 is 12.1. The third-order valence-corrected chi connectivity index (χ3v) is 6.75. The normalized spacial score (nSPS) is 11.3. The summed E-state index contributed by atoms with van der Waals surface area (Å²) in [6.45, 7) is 1.84. The molecule has 0 aromatic heterocycles. The lowest BCUT2D eigenvalue weighted by atomic mass is 10.1. The molecule has 0 saturated carbocycles. The van der Waals surface area contributed by atoms with Gasteiger partial charge < -0.3 is 4.74 Å². The quantitative estimate of drug-likeness (QED) is 0.458. The van der Waals surface area contributed by atoms with Gasteiger partial charge in [0.15, 0.2) is 9.84 Å². The molecule has 0 fully saturated rings. The first-order chi connectivity index (χ1) is 13.8. The van der Waals surface area contributed by atoms with Gasteiger partial charge in [-0.05, 0) is 48.9 Å². The van der Waals surface area contributed by atoms with Gasteiger partial charge in [0.2, 0.25) is 0 Å². The highest BCUT2D eigenvalue weighted by molar-refractivity contribution is 7.90. The molecule has 0 radical (unpaired) electrons. The molecule has 0 aliphatic rings. The van der Waals surface area contributed by atoms with E-state index >= 15 is 0 Å². The van der Waals surface area contributed by atoms with Crippen LogP contribution in [0.3, 0.4) is 0 Å². The van der Waals surface area contributed by atoms with Crippen molar-refractivity contribution >= 4 is 39.0 Å². The molecular weight excluding hydrogens is 431 g/mol. The maximum absolute atomic E-state index is 12.5. The molecule has 29 heavy (non-hydrogen) atoms. The van der Waals surface area contributed by atoms with Crippen molar-refractivity contribution in [1.82, 2.24) is 0 Å². The van der Waals surface area contributed by atoms with Crippen molar-refractivity contribution in [2.45, 2.75) is 24.2 Å². The van der Waals surface area contributed by atoms with Crippen molar-refractivity contribution in [2.24, 2.45) is 0 Å². The Bertz CT molecular complexity index is 1100. The maximum atomic E-state index is 12.5. The van der Waals surface area contributed by atoms with Gasteiger partial charge in [-0.1, -0.05) is 59.1 Å². The third-order valence-electron chi connectivity index (χ3n) is 4.34. The van der Waals surface area contributed by atoms with Crippen LogP contribution in [0.25, 0.3) is 0 Å². The zero-order valence-electron chi connectivity index (χ0n) is 15.6. The molecular formula is C22H18Cl2O4S. The molecule has 0 spiro atoms. The highest BCUT2D eigenvalue weighted by atomic mass is 35.5. The number of carbonyl (C=O) groups excluding carboxylic acids is 1. The lowest BCUT2D eigenvalue weighted by Crippen LogP contribution is -2.07. The maximum Gasteiger partial charge on any atom is 0.338 e. The Kier molecular flexibility index (Phi) is 6.63. The molecule has 3 aromatic carbocycles. The molecule has 0 atom stereocenters. The van der Waals surface area contributed by atoms with Crippen LogP contribution < -0.4 is 0 Å². The van der Waals surface area contributed by atoms with Crippen LogP contribution in [0.15, 0.2) is 71.6 Å². The molecule has 0 aliphatic carbocycles. The van der Waals surface area contributed by atoms with Gasteiger partial charge in [-0.25, -0.2) is 13.2 Å². The Morgan fingerprint density at radius 1 is 0.897 bits per heavy atom. The average Bonchev–Trinajstić information content (AvgIpc) is 2.68. The van der Waals surface area contributed by atoms with Crippen LogP contribution in [0, 0.1) is 6.92 Å². The second kappa shape index (κ2) is 8.99. The van der Waals surface area contributed by atoms with Gasteiger partial charge in [0.25, 0.3) is 0 Å². The number of hydrogen-bond acceptors (Lipinski definition) is 4. The number of benzene rings is 3. The zero-order valence-corrected chi connectivity index (χ0v) is 17.9. The highest BCUT2D eigenvalue weighted by Gasteiger charge is 2.16. The number of sulfone groups is 1. The van der Waals surface area contributed by atoms with Crippen molar-refractivity contribution in [3.8, 4) is 0 Å². The van der Waals surface area contributed by atoms with Gasteiger partial charge in [0.05, 0.1) is 16.2 Å². The monoisotopic (exact) mass is 448 g/mol. The summed E-state index contributed by atoms with van der Waals surface area (Å²) < 4.78 is 30.3. The standard InChI is InChI=1S/C22H18Cl2O4S/c1-15-5-11-18(12-6-15)29(26,27)14-16-7-9-17(10-8-16)22(25)28-13-19-20(23)3-2-4-21(19)24/h2-12H,13-14H2,1H3. The fraction of sp³-hybridized carbons (Fsp3) is 0.136. The fourth-order valence-electron chi connectivity index (χ4n) is 2.68. The van der Waals surface area contributed by atoms with Crippen LogP contribution in [0.1, 0.15) is 27.0 Å². The van der Waals surface area contributed by atoms with Crippen LogP contribution in [-0.2, 0) is 26.9 Å². The first-order valence-electron chi connectivity index (χ1n) is 8.74. The molecule has 0 N–H and O–H groups in total. The minimum atomic E-state index is -3.46. The minimum absolute atomic E-state index is 0.0547. The van der Waals surface area contributed by atoms with E-state index in [-0.39, 0.29) is 17.3 Å². The predicted molar refractivity (Wildman–Crippen MR) is 114 cm³/mol. The average molecular weight is 449 g/mol. The second-order valence-electron chi connectivity index (χ2n) is 6.55. The van der Waals surface area contributed by atoms with Crippen LogP contribution in [-0.4, -0.2) is 14.4 Å². The van der Waals surface area contributed by atoms with E-state index in [1.54, 1.807) is 54.6 Å². The van der Waals surface area contributed by atoms with Crippen molar-refractivity contribution in [3.63, 3.8) is 0 Å². The lowest BCUT2D eigenvalue weighted by Gasteiger charge is -2.09. The summed E-state index contributed by atoms with van der Waals surface area (Å²) in [5.74, 6) is -0.699. The van der Waals surface area contributed by atoms with Crippen molar-refractivity contribution in [2.75, 3.05) is 0 Å². The van der Waals surface area contributed by atoms with E-state index < -0.39 is 15.8 Å². The largest absolute Gasteiger partial charge is 0.457 e. The van der Waals surface area contributed by atoms with Crippen LogP contribution in [0.5, 0.6) is 0 Å². The van der Waals surface area contributed by atoms with Gasteiger partial charge in [-0.3, -0.25) is 0 Å². The Balaban J connectivity index is 1.66. The van der Waals surface area contributed by atoms with E-state index in [1.165, 1.54) is 12.1 Å². The van der Waals surface area contributed by atoms with Crippen molar-refractivity contribution < 1.29 is 17.9 Å². The van der Waals surface area contributed by atoms with E-state index in [2.05, 4.69) is 0 Å². The number of carbonyl (C=O) groups is 1. The summed E-state index contributed by atoms with van der Waals surface area (Å²) in [4.78, 5) is 12.5. The fourth-order valence-corrected chi connectivity index (χ4v) is 4.53. The molecule has 0 heterocycles. The Hall–Kier alpha value is -2.34. The number of halogens is 2. The molecule has 0 unspecified atom stereocenters. The molecule has 0 aliphatic heterocycles. The van der Waals surface area contributed by atoms with E-state index in [4.69, 9.17) is 27.9 Å². The molecule has 0 saturated heterocycles. The topological polar surface area (TPSA) is 60.4 Å². The number of hydrogen-bond donors (Lipinski definition) is 0. The van der Waals surface area contributed by atoms with Crippen molar-refractivity contribution in [1.29, 1.82) is 0 Å². The summed E-state index contributed by atoms with van der Waals surface area (Å²) in [5.41, 5.74) is 2.41. The summed E-state index contributed by atoms with van der Waals surface area (Å²) in [6, 6.07) is 18.0. The van der Waals surface area contributed by atoms with E-state index in [0.717, 1.165) is 5.56 Å². The zero-order chi connectivity index (χ0) is 21.0. The van der Waals surface area contributed by atoms with Gasteiger partial charge in [0, 0.05) is 15.6 Å². The molecule has 7 heteroatoms. The summed E-state index contributed by atoms with van der Waals surface area (Å²) in [5, 5.41) is 0.837. The first kappa shape index (κ1) is 21.4. The van der Waals surface area contributed by atoms with Gasteiger partial charge in [0.1, 0.15) is 6.61 Å². The smallest absolute Gasteiger partial charge is 0.338 e. The molecule has 0 amide bonds. The van der Waals surface area contributed by atoms with Crippen molar-refractivity contribution in [3.05, 3.63) is 99.0 Å². The number of rotatable bonds is 6. The minimum Gasteiger partial charge on any atom is -0.457 e. The van der Waals surface area contributed by atoms with E-state index in [0.29, 0.717) is 26.7 Å². The summed E-state index contributed by atoms with van der Waals surface area (Å²) in [6.07, 6.45) is 0. The number of esters is 1. The Labute approximate surface area is 180 Å². The predicted octanol–water partition coefficient (Wildman–Crippen LogP) is 5.63. The molecule has 4 nitrogen and oxygen atoms in total. The van der Waals surface area contributed by atoms with E-state index in [9.17, 15) is 13.2 Å². The molecule has 0 bridgehead atoms. The van der Waals surface area contributed by atoms with E-state index in [1.807, 2.05) is 6.92 Å². The van der Waals surface area contributed by atoms with Gasteiger partial charge in [-0.2, -0.15) is 0 Å². The van der Waals surface area contributed by atoms with Gasteiger partial charge >= 0.3 is 5.97 Å². The van der Waals surface area contributed by atoms with Gasteiger partial charge in [-0.15, -0.1) is 0 Å². The highest BCUT2D eigenvalue weighted by Crippen LogP contribution is 2.25. The molecule has 3 aromatic rings. The van der Waals surface area contributed by atoms with Crippen LogP contribution >= 0.6 is 23.2 Å². The molecule has 3 rings (SSSR count). The summed E-state index contributed by atoms with van der Waals surface area (Å²) in [7, 11) is -3.46. The first-order valence-corrected chi connectivity index (χ1v) is 11.2. The second-order valence-corrected chi connectivity index (χ2v) is 9.35. The SMILES string of the molecule is Cc1ccc(S(=O)(=O)Cc2ccc(C(=O)OCc3c(Cl)cccc3Cl)cc2)cc1. The number of aryl methyl sites for hydroxylation is 1.